The lowest BCUT2D eigenvalue weighted by Crippen LogP contribution is -2.70. The molecule has 0 heterocycles. The normalized spacial score (nSPS) is 17.1. The van der Waals surface area contributed by atoms with Crippen LogP contribution >= 0.6 is 0 Å². The number of halogens is 13. The summed E-state index contributed by atoms with van der Waals surface area (Å²) in [4.78, 5) is 9.96. The Labute approximate surface area is 118 Å². The van der Waals surface area contributed by atoms with Gasteiger partial charge >= 0.3 is 35.8 Å². The van der Waals surface area contributed by atoms with Crippen LogP contribution in [-0.2, 0) is 4.79 Å². The molecule has 1 atom stereocenters. The van der Waals surface area contributed by atoms with Crippen LogP contribution in [0, 0.1) is 5.92 Å². The number of alkyl halides is 13. The number of carbonyl (C=O) groups is 1. The third-order valence-corrected chi connectivity index (χ3v) is 2.73. The van der Waals surface area contributed by atoms with Gasteiger partial charge in [-0.05, 0) is 6.92 Å². The molecule has 0 amide bonds. The molecule has 23 heavy (non-hydrogen) atoms. The summed E-state index contributed by atoms with van der Waals surface area (Å²) >= 11 is 0. The molecule has 0 rings (SSSR count). The van der Waals surface area contributed by atoms with Gasteiger partial charge in [-0.2, -0.15) is 57.1 Å². The summed E-state index contributed by atoms with van der Waals surface area (Å²) in [5.41, 5.74) is 0. The standard InChI is InChI=1S/C9H5F13O/c1-3(2-23)4(10,11)5(12,13)6(14,15)7(16,17)8(18,19)9(20,21)22/h2-3H,1H3. The van der Waals surface area contributed by atoms with Crippen molar-refractivity contribution in [2.24, 2.45) is 5.92 Å². The monoisotopic (exact) mass is 376 g/mol. The fourth-order valence-corrected chi connectivity index (χ4v) is 1.15. The topological polar surface area (TPSA) is 17.1 Å². The van der Waals surface area contributed by atoms with Crippen molar-refractivity contribution in [3.05, 3.63) is 0 Å². The molecule has 0 N–H and O–H groups in total. The van der Waals surface area contributed by atoms with E-state index in [-0.39, 0.29) is 6.92 Å². The maximum absolute atomic E-state index is 13.0. The first-order valence-electron chi connectivity index (χ1n) is 5.14. The molecule has 0 aliphatic carbocycles. The first-order valence-corrected chi connectivity index (χ1v) is 5.14. The van der Waals surface area contributed by atoms with E-state index in [0.717, 1.165) is 0 Å². The number of hydrogen-bond acceptors (Lipinski definition) is 1. The highest BCUT2D eigenvalue weighted by atomic mass is 19.4. The van der Waals surface area contributed by atoms with Gasteiger partial charge in [0.05, 0.1) is 5.92 Å². The minimum Gasteiger partial charge on any atom is -0.303 e. The van der Waals surface area contributed by atoms with Crippen LogP contribution in [0.1, 0.15) is 6.92 Å². The molecule has 0 aromatic carbocycles. The average molecular weight is 376 g/mol. The van der Waals surface area contributed by atoms with Gasteiger partial charge in [0.2, 0.25) is 0 Å². The van der Waals surface area contributed by atoms with Crippen LogP contribution < -0.4 is 0 Å². The van der Waals surface area contributed by atoms with Crippen LogP contribution in [0.2, 0.25) is 0 Å². The Balaban J connectivity index is 6.30. The second-order valence-electron chi connectivity index (χ2n) is 4.34. The summed E-state index contributed by atoms with van der Waals surface area (Å²) in [7, 11) is 0. The fraction of sp³-hybridized carbons (Fsp3) is 0.889. The van der Waals surface area contributed by atoms with Gasteiger partial charge < -0.3 is 4.79 Å². The van der Waals surface area contributed by atoms with Gasteiger partial charge in [0, 0.05) is 0 Å². The third-order valence-electron chi connectivity index (χ3n) is 2.73. The molecular weight excluding hydrogens is 371 g/mol. The Morgan fingerprint density at radius 1 is 0.609 bits per heavy atom. The van der Waals surface area contributed by atoms with E-state index in [1.165, 1.54) is 0 Å². The van der Waals surface area contributed by atoms with Crippen LogP contribution in [0.15, 0.2) is 0 Å². The van der Waals surface area contributed by atoms with Crippen molar-refractivity contribution in [3.8, 4) is 0 Å². The van der Waals surface area contributed by atoms with E-state index in [4.69, 9.17) is 0 Å². The van der Waals surface area contributed by atoms with Crippen molar-refractivity contribution in [3.63, 3.8) is 0 Å². The van der Waals surface area contributed by atoms with E-state index < -0.39 is 48.0 Å². The Hall–Kier alpha value is -1.24. The number of rotatable bonds is 6. The van der Waals surface area contributed by atoms with Gasteiger partial charge in [-0.3, -0.25) is 0 Å². The van der Waals surface area contributed by atoms with Gasteiger partial charge in [0.15, 0.2) is 0 Å². The van der Waals surface area contributed by atoms with E-state index in [1.54, 1.807) is 0 Å². The summed E-state index contributed by atoms with van der Waals surface area (Å²) in [6.45, 7) is -0.156. The number of aldehydes is 1. The van der Waals surface area contributed by atoms with Gasteiger partial charge in [0.1, 0.15) is 6.29 Å². The van der Waals surface area contributed by atoms with Crippen LogP contribution in [0.5, 0.6) is 0 Å². The SMILES string of the molecule is CC(C=O)C(F)(F)C(F)(F)C(F)(F)C(F)(F)C(F)(F)C(F)(F)F. The van der Waals surface area contributed by atoms with Crippen molar-refractivity contribution in [2.45, 2.75) is 42.7 Å². The molecule has 1 nitrogen and oxygen atoms in total. The quantitative estimate of drug-likeness (QED) is 0.491. The molecule has 0 saturated heterocycles. The molecule has 138 valence electrons. The zero-order valence-corrected chi connectivity index (χ0v) is 10.5. The Kier molecular flexibility index (Phi) is 5.10. The average Bonchev–Trinajstić information content (AvgIpc) is 2.35. The maximum Gasteiger partial charge on any atom is 0.460 e. The van der Waals surface area contributed by atoms with Crippen LogP contribution in [0.4, 0.5) is 57.1 Å². The fourth-order valence-electron chi connectivity index (χ4n) is 1.15. The van der Waals surface area contributed by atoms with E-state index in [1.807, 2.05) is 0 Å². The highest BCUT2D eigenvalue weighted by molar-refractivity contribution is 5.55. The van der Waals surface area contributed by atoms with Crippen molar-refractivity contribution >= 4 is 6.29 Å². The van der Waals surface area contributed by atoms with E-state index in [9.17, 15) is 61.9 Å². The Morgan fingerprint density at radius 2 is 0.913 bits per heavy atom. The van der Waals surface area contributed by atoms with E-state index in [0.29, 0.717) is 0 Å². The van der Waals surface area contributed by atoms with Crippen molar-refractivity contribution in [2.75, 3.05) is 0 Å². The highest BCUT2D eigenvalue weighted by Crippen LogP contribution is 2.61. The Bertz CT molecular complexity index is 449. The summed E-state index contributed by atoms with van der Waals surface area (Å²) < 4.78 is 163. The zero-order valence-electron chi connectivity index (χ0n) is 10.5. The zero-order chi connectivity index (χ0) is 19.3. The lowest BCUT2D eigenvalue weighted by molar-refractivity contribution is -0.441. The van der Waals surface area contributed by atoms with Gasteiger partial charge in [0.25, 0.3) is 0 Å². The molecule has 0 spiro atoms. The predicted octanol–water partition coefficient (Wildman–Crippen LogP) is 4.56. The molecule has 0 aliphatic rings. The second kappa shape index (κ2) is 5.40. The molecule has 0 aromatic heterocycles. The minimum absolute atomic E-state index is 0.156. The lowest BCUT2D eigenvalue weighted by atomic mass is 9.89. The molecule has 0 aromatic rings. The largest absolute Gasteiger partial charge is 0.460 e. The minimum atomic E-state index is -7.94. The maximum atomic E-state index is 13.0. The molecule has 1 unspecified atom stereocenters. The smallest absolute Gasteiger partial charge is 0.303 e. The third kappa shape index (κ3) is 2.73. The summed E-state index contributed by atoms with van der Waals surface area (Å²) in [6, 6.07) is 0. The molecule has 0 saturated carbocycles. The first kappa shape index (κ1) is 21.8. The first-order chi connectivity index (χ1) is 9.73. The summed E-state index contributed by atoms with van der Waals surface area (Å²) in [5.74, 6) is -40.7. The van der Waals surface area contributed by atoms with Crippen molar-refractivity contribution in [1.82, 2.24) is 0 Å². The van der Waals surface area contributed by atoms with Crippen molar-refractivity contribution in [1.29, 1.82) is 0 Å². The Morgan fingerprint density at radius 3 is 1.17 bits per heavy atom. The lowest BCUT2D eigenvalue weighted by Gasteiger charge is -2.40. The van der Waals surface area contributed by atoms with Crippen LogP contribution in [-0.4, -0.2) is 42.1 Å². The second-order valence-corrected chi connectivity index (χ2v) is 4.34. The van der Waals surface area contributed by atoms with Crippen LogP contribution in [0.25, 0.3) is 0 Å². The summed E-state index contributed by atoms with van der Waals surface area (Å²) in [6.07, 6.45) is -8.54. The van der Waals surface area contributed by atoms with Gasteiger partial charge in [-0.15, -0.1) is 0 Å². The van der Waals surface area contributed by atoms with Crippen molar-refractivity contribution < 1.29 is 61.9 Å². The highest BCUT2D eigenvalue weighted by Gasteiger charge is 2.91. The molecule has 14 heteroatoms. The van der Waals surface area contributed by atoms with Crippen LogP contribution in [0.3, 0.4) is 0 Å². The summed E-state index contributed by atoms with van der Waals surface area (Å²) in [5, 5.41) is 0. The molecular formula is C9H5F13O. The molecule has 0 radical (unpaired) electrons. The molecule has 0 aliphatic heterocycles. The van der Waals surface area contributed by atoms with Gasteiger partial charge in [-0.25, -0.2) is 0 Å². The van der Waals surface area contributed by atoms with E-state index >= 15 is 0 Å². The molecule has 0 fully saturated rings. The van der Waals surface area contributed by atoms with E-state index in [2.05, 4.69) is 0 Å². The number of hydrogen-bond donors (Lipinski definition) is 0. The molecule has 0 bridgehead atoms. The van der Waals surface area contributed by atoms with Gasteiger partial charge in [-0.1, -0.05) is 0 Å². The number of carbonyl (C=O) groups excluding carboxylic acids is 1. The predicted molar refractivity (Wildman–Crippen MR) is 46.0 cm³/mol.